The number of halogens is 2. The Morgan fingerprint density at radius 2 is 1.96 bits per heavy atom. The van der Waals surface area contributed by atoms with Gasteiger partial charge in [-0.25, -0.2) is 9.37 Å². The molecule has 1 aliphatic rings. The number of benzene rings is 1. The van der Waals surface area contributed by atoms with Gasteiger partial charge in [-0.15, -0.1) is 0 Å². The van der Waals surface area contributed by atoms with Gasteiger partial charge in [0.15, 0.2) is 5.65 Å². The second kappa shape index (κ2) is 7.48. The number of carbonyl (C=O) groups is 1. The lowest BCUT2D eigenvalue weighted by atomic mass is 10.1. The van der Waals surface area contributed by atoms with Crippen LogP contribution in [0.1, 0.15) is 21.6 Å². The van der Waals surface area contributed by atoms with Crippen molar-refractivity contribution in [2.24, 2.45) is 7.05 Å². The van der Waals surface area contributed by atoms with E-state index in [4.69, 9.17) is 11.6 Å². The number of aromatic nitrogens is 3. The van der Waals surface area contributed by atoms with Gasteiger partial charge in [-0.1, -0.05) is 11.6 Å². The molecule has 3 aromatic rings. The first-order valence-corrected chi connectivity index (χ1v) is 9.55. The summed E-state index contributed by atoms with van der Waals surface area (Å²) in [6.45, 7) is 5.31. The van der Waals surface area contributed by atoms with Crippen LogP contribution in [0.3, 0.4) is 0 Å². The van der Waals surface area contributed by atoms with Crippen molar-refractivity contribution in [2.45, 2.75) is 13.5 Å². The quantitative estimate of drug-likeness (QED) is 0.677. The van der Waals surface area contributed by atoms with Crippen molar-refractivity contribution >= 4 is 28.5 Å². The Bertz CT molecular complexity index is 1040. The molecule has 28 heavy (non-hydrogen) atoms. The van der Waals surface area contributed by atoms with Crippen molar-refractivity contribution < 1.29 is 9.18 Å². The van der Waals surface area contributed by atoms with Gasteiger partial charge < -0.3 is 4.90 Å². The van der Waals surface area contributed by atoms with Crippen LogP contribution in [0.4, 0.5) is 4.39 Å². The van der Waals surface area contributed by atoms with E-state index in [0.717, 1.165) is 41.9 Å². The van der Waals surface area contributed by atoms with Gasteiger partial charge in [0.1, 0.15) is 5.82 Å². The maximum atomic E-state index is 14.0. The van der Waals surface area contributed by atoms with Gasteiger partial charge in [0.2, 0.25) is 0 Å². The number of amides is 1. The Hall–Kier alpha value is -2.51. The van der Waals surface area contributed by atoms with Crippen LogP contribution >= 0.6 is 11.6 Å². The molecular weight excluding hydrogens is 381 g/mol. The highest BCUT2D eigenvalue weighted by atomic mass is 35.5. The zero-order valence-corrected chi connectivity index (χ0v) is 16.6. The van der Waals surface area contributed by atoms with Gasteiger partial charge in [-0.05, 0) is 36.8 Å². The number of aryl methyl sites for hydroxylation is 2. The van der Waals surface area contributed by atoms with Gasteiger partial charge >= 0.3 is 0 Å². The van der Waals surface area contributed by atoms with Crippen LogP contribution in [-0.2, 0) is 13.6 Å². The molecule has 6 nitrogen and oxygen atoms in total. The van der Waals surface area contributed by atoms with E-state index in [1.54, 1.807) is 9.58 Å². The van der Waals surface area contributed by atoms with E-state index >= 15 is 0 Å². The van der Waals surface area contributed by atoms with Crippen molar-refractivity contribution in [3.8, 4) is 0 Å². The van der Waals surface area contributed by atoms with E-state index < -0.39 is 5.82 Å². The third-order valence-electron chi connectivity index (χ3n) is 5.15. The second-order valence-corrected chi connectivity index (χ2v) is 7.55. The summed E-state index contributed by atoms with van der Waals surface area (Å²) >= 11 is 5.77. The van der Waals surface area contributed by atoms with Crippen LogP contribution in [-0.4, -0.2) is 56.7 Å². The Labute approximate surface area is 167 Å². The normalized spacial score (nSPS) is 15.4. The van der Waals surface area contributed by atoms with Crippen LogP contribution in [0.15, 0.2) is 30.5 Å². The minimum absolute atomic E-state index is 0.0690. The Kier molecular flexibility index (Phi) is 5.03. The number of hydrogen-bond acceptors (Lipinski definition) is 4. The zero-order valence-electron chi connectivity index (χ0n) is 15.8. The molecule has 0 aliphatic carbocycles. The molecule has 1 amide bonds. The van der Waals surface area contributed by atoms with Crippen LogP contribution < -0.4 is 0 Å². The van der Waals surface area contributed by atoms with Gasteiger partial charge in [-0.2, -0.15) is 5.10 Å². The van der Waals surface area contributed by atoms with Crippen molar-refractivity contribution in [2.75, 3.05) is 26.2 Å². The van der Waals surface area contributed by atoms with Crippen molar-refractivity contribution in [3.63, 3.8) is 0 Å². The summed E-state index contributed by atoms with van der Waals surface area (Å²) in [7, 11) is 1.89. The lowest BCUT2D eigenvalue weighted by molar-refractivity contribution is 0.0624. The van der Waals surface area contributed by atoms with Gasteiger partial charge in [-0.3, -0.25) is 14.4 Å². The molecule has 1 aromatic carbocycles. The van der Waals surface area contributed by atoms with Crippen molar-refractivity contribution in [1.82, 2.24) is 24.6 Å². The maximum absolute atomic E-state index is 14.0. The van der Waals surface area contributed by atoms with Gasteiger partial charge in [0.05, 0.1) is 11.3 Å². The molecule has 2 aromatic heterocycles. The molecule has 3 heterocycles. The first-order valence-electron chi connectivity index (χ1n) is 9.17. The molecule has 1 aliphatic heterocycles. The summed E-state index contributed by atoms with van der Waals surface area (Å²) in [6.07, 6.45) is 1.88. The molecule has 0 bridgehead atoms. The van der Waals surface area contributed by atoms with E-state index in [2.05, 4.69) is 21.0 Å². The highest BCUT2D eigenvalue weighted by Crippen LogP contribution is 2.20. The van der Waals surface area contributed by atoms with Gasteiger partial charge in [0, 0.05) is 56.4 Å². The molecule has 1 saturated heterocycles. The maximum Gasteiger partial charge on any atom is 0.256 e. The number of rotatable bonds is 3. The SMILES string of the molecule is Cc1nn(C)c2ncc(CN3CCN(C(=O)c4ccc(Cl)cc4F)CC3)cc12. The molecular formula is C20H21ClFN5O. The summed E-state index contributed by atoms with van der Waals surface area (Å²) in [5.41, 5.74) is 3.03. The highest BCUT2D eigenvalue weighted by Gasteiger charge is 2.24. The number of piperazine rings is 1. The fourth-order valence-electron chi connectivity index (χ4n) is 3.64. The molecule has 0 radical (unpaired) electrons. The zero-order chi connectivity index (χ0) is 19.8. The Morgan fingerprint density at radius 3 is 2.68 bits per heavy atom. The third kappa shape index (κ3) is 3.59. The van der Waals surface area contributed by atoms with Crippen LogP contribution in [0.2, 0.25) is 5.02 Å². The summed E-state index contributed by atoms with van der Waals surface area (Å²) in [6, 6.07) is 6.29. The van der Waals surface area contributed by atoms with E-state index in [0.29, 0.717) is 13.1 Å². The molecule has 1 fully saturated rings. The van der Waals surface area contributed by atoms with Crippen LogP contribution in [0.25, 0.3) is 11.0 Å². The largest absolute Gasteiger partial charge is 0.336 e. The molecule has 0 unspecified atom stereocenters. The fraction of sp³-hybridized carbons (Fsp3) is 0.350. The summed E-state index contributed by atoms with van der Waals surface area (Å²) in [5.74, 6) is -0.867. The van der Waals surface area contributed by atoms with Crippen molar-refractivity contribution in [1.29, 1.82) is 0 Å². The number of hydrogen-bond donors (Lipinski definition) is 0. The van der Waals surface area contributed by atoms with E-state index in [-0.39, 0.29) is 16.5 Å². The Morgan fingerprint density at radius 1 is 1.21 bits per heavy atom. The standard InChI is InChI=1S/C20H21ClFN5O/c1-13-17-9-14(11-23-19(17)25(2)24-13)12-26-5-7-27(8-6-26)20(28)16-4-3-15(21)10-18(16)22/h3-4,9-11H,5-8,12H2,1-2H3. The number of nitrogens with zero attached hydrogens (tertiary/aromatic N) is 5. The van der Waals surface area contributed by atoms with E-state index in [1.165, 1.54) is 18.2 Å². The van der Waals surface area contributed by atoms with Crippen LogP contribution in [0.5, 0.6) is 0 Å². The predicted octanol–water partition coefficient (Wildman–Crippen LogP) is 3.03. The smallest absolute Gasteiger partial charge is 0.256 e. The molecule has 8 heteroatoms. The highest BCUT2D eigenvalue weighted by molar-refractivity contribution is 6.30. The number of carbonyl (C=O) groups excluding carboxylic acids is 1. The molecule has 0 spiro atoms. The molecule has 0 atom stereocenters. The average Bonchev–Trinajstić information content (AvgIpc) is 2.95. The summed E-state index contributed by atoms with van der Waals surface area (Å²) in [4.78, 5) is 21.1. The first-order chi connectivity index (χ1) is 13.4. The average molecular weight is 402 g/mol. The lowest BCUT2D eigenvalue weighted by Crippen LogP contribution is -2.48. The molecule has 0 saturated carbocycles. The molecule has 146 valence electrons. The predicted molar refractivity (Wildman–Crippen MR) is 106 cm³/mol. The fourth-order valence-corrected chi connectivity index (χ4v) is 3.80. The van der Waals surface area contributed by atoms with Crippen LogP contribution in [0, 0.1) is 12.7 Å². The minimum Gasteiger partial charge on any atom is -0.336 e. The molecule has 4 rings (SSSR count). The third-order valence-corrected chi connectivity index (χ3v) is 5.38. The number of fused-ring (bicyclic) bond motifs is 1. The topological polar surface area (TPSA) is 54.3 Å². The van der Waals surface area contributed by atoms with Gasteiger partial charge in [0.25, 0.3) is 5.91 Å². The van der Waals surface area contributed by atoms with Crippen molar-refractivity contribution in [3.05, 3.63) is 58.1 Å². The second-order valence-electron chi connectivity index (χ2n) is 7.12. The summed E-state index contributed by atoms with van der Waals surface area (Å²) in [5, 5.41) is 5.75. The number of pyridine rings is 1. The van der Waals surface area contributed by atoms with E-state index in [9.17, 15) is 9.18 Å². The summed E-state index contributed by atoms with van der Waals surface area (Å²) < 4.78 is 15.8. The first kappa shape index (κ1) is 18.8. The minimum atomic E-state index is -0.578. The monoisotopic (exact) mass is 401 g/mol. The molecule has 0 N–H and O–H groups in total. The lowest BCUT2D eigenvalue weighted by Gasteiger charge is -2.34. The van der Waals surface area contributed by atoms with E-state index in [1.807, 2.05) is 20.2 Å². The Balaban J connectivity index is 1.40.